The van der Waals surface area contributed by atoms with Crippen LogP contribution in [0.1, 0.15) is 71.4 Å². The molecular formula is C34H44F2N6O5S. The van der Waals surface area contributed by atoms with E-state index in [-0.39, 0.29) is 60.1 Å². The molecule has 1 aromatic heterocycles. The second kappa shape index (κ2) is 14.8. The monoisotopic (exact) mass is 686 g/mol. The van der Waals surface area contributed by atoms with Crippen molar-refractivity contribution >= 4 is 21.8 Å². The zero-order chi connectivity index (χ0) is 34.7. The van der Waals surface area contributed by atoms with Gasteiger partial charge in [-0.1, -0.05) is 20.8 Å². The zero-order valence-electron chi connectivity index (χ0n) is 27.7. The number of fused-ring (bicyclic) bond motifs is 2. The Hall–Kier alpha value is -3.72. The van der Waals surface area contributed by atoms with Crippen LogP contribution >= 0.6 is 0 Å². The first-order chi connectivity index (χ1) is 22.8. The highest BCUT2D eigenvalue weighted by molar-refractivity contribution is 7.89. The van der Waals surface area contributed by atoms with Gasteiger partial charge in [-0.2, -0.15) is 4.31 Å². The summed E-state index contributed by atoms with van der Waals surface area (Å²) in [6, 6.07) is 6.15. The van der Waals surface area contributed by atoms with Crippen LogP contribution in [-0.4, -0.2) is 95.0 Å². The lowest BCUT2D eigenvalue weighted by Crippen LogP contribution is -2.62. The molecule has 1 fully saturated rings. The van der Waals surface area contributed by atoms with Gasteiger partial charge < -0.3 is 25.2 Å². The third kappa shape index (κ3) is 7.77. The van der Waals surface area contributed by atoms with E-state index in [2.05, 4.69) is 29.5 Å². The molecule has 2 bridgehead atoms. The van der Waals surface area contributed by atoms with E-state index < -0.39 is 45.8 Å². The highest BCUT2D eigenvalue weighted by Crippen LogP contribution is 2.31. The van der Waals surface area contributed by atoms with Crippen LogP contribution < -0.4 is 10.6 Å². The predicted octanol–water partition coefficient (Wildman–Crippen LogP) is 3.06. The topological polar surface area (TPSA) is 137 Å². The van der Waals surface area contributed by atoms with Gasteiger partial charge in [0.15, 0.2) is 0 Å². The van der Waals surface area contributed by atoms with Crippen LogP contribution in [0.3, 0.4) is 0 Å². The highest BCUT2D eigenvalue weighted by Gasteiger charge is 2.38. The first-order valence-corrected chi connectivity index (χ1v) is 17.8. The fraction of sp³-hybridized carbons (Fsp3) is 0.500. The summed E-state index contributed by atoms with van der Waals surface area (Å²) in [6.45, 7) is 7.58. The van der Waals surface area contributed by atoms with Crippen molar-refractivity contribution in [3.05, 3.63) is 82.7 Å². The standard InChI is InChI=1S/C34H44F2N6O5S/c1-5-9-41-10-6-21(2)22(3)24-16-25(18-26(17-24)33(41)45)32(44)39-29(15-23-13-27(35)19-28(36)14-23)31(43)30-20-42(12-8-37-30)48(46,47)34-38-7-11-40(34)4/h7,11,13-14,16-19,21-22,29-31,37,43H,5-6,8-10,12,15,20H2,1-4H3,(H,39,44)/t21?,22?,29-,30+,31-/m0/s1. The number of carbonyl (C=O) groups is 2. The molecule has 2 aliphatic rings. The summed E-state index contributed by atoms with van der Waals surface area (Å²) >= 11 is 0. The number of amides is 2. The molecule has 0 saturated carbocycles. The van der Waals surface area contributed by atoms with E-state index in [1.807, 2.05) is 13.0 Å². The summed E-state index contributed by atoms with van der Waals surface area (Å²) < 4.78 is 57.9. The Morgan fingerprint density at radius 3 is 2.52 bits per heavy atom. The molecule has 3 aromatic rings. The van der Waals surface area contributed by atoms with Crippen LogP contribution in [0.25, 0.3) is 0 Å². The van der Waals surface area contributed by atoms with Crippen molar-refractivity contribution in [1.29, 1.82) is 0 Å². The van der Waals surface area contributed by atoms with Gasteiger partial charge >= 0.3 is 0 Å². The van der Waals surface area contributed by atoms with Crippen LogP contribution in [0.4, 0.5) is 8.78 Å². The number of nitrogens with zero attached hydrogens (tertiary/aromatic N) is 4. The molecule has 2 aromatic carbocycles. The Balaban J connectivity index is 1.46. The quantitative estimate of drug-likeness (QED) is 0.298. The lowest BCUT2D eigenvalue weighted by molar-refractivity contribution is 0.0599. The van der Waals surface area contributed by atoms with E-state index in [9.17, 15) is 31.9 Å². The molecule has 11 nitrogen and oxygen atoms in total. The molecule has 1 saturated heterocycles. The molecule has 3 heterocycles. The molecule has 3 N–H and O–H groups in total. The van der Waals surface area contributed by atoms with Crippen LogP contribution in [-0.2, 0) is 23.5 Å². The number of hydrogen-bond donors (Lipinski definition) is 3. The summed E-state index contributed by atoms with van der Waals surface area (Å²) in [5.41, 5.74) is 1.63. The first-order valence-electron chi connectivity index (χ1n) is 16.4. The van der Waals surface area contributed by atoms with Crippen molar-refractivity contribution in [3.63, 3.8) is 0 Å². The van der Waals surface area contributed by atoms with Crippen molar-refractivity contribution in [3.8, 4) is 0 Å². The number of aryl methyl sites for hydroxylation is 1. The lowest BCUT2D eigenvalue weighted by Gasteiger charge is -2.38. The summed E-state index contributed by atoms with van der Waals surface area (Å²) in [4.78, 5) is 33.3. The first kappa shape index (κ1) is 35.6. The number of aromatic nitrogens is 2. The van der Waals surface area contributed by atoms with Gasteiger partial charge in [0.05, 0.1) is 12.1 Å². The number of rotatable bonds is 10. The van der Waals surface area contributed by atoms with E-state index in [0.29, 0.717) is 18.7 Å². The van der Waals surface area contributed by atoms with Crippen LogP contribution in [0.2, 0.25) is 0 Å². The summed E-state index contributed by atoms with van der Waals surface area (Å²) in [5.74, 6) is -2.08. The molecule has 48 heavy (non-hydrogen) atoms. The molecule has 2 amide bonds. The third-order valence-corrected chi connectivity index (χ3v) is 11.4. The van der Waals surface area contributed by atoms with Crippen molar-refractivity contribution in [2.45, 2.75) is 69.3 Å². The van der Waals surface area contributed by atoms with Gasteiger partial charge in [-0.05, 0) is 72.6 Å². The summed E-state index contributed by atoms with van der Waals surface area (Å²) in [6.07, 6.45) is 2.96. The van der Waals surface area contributed by atoms with E-state index in [0.717, 1.165) is 36.6 Å². The molecule has 2 unspecified atom stereocenters. The predicted molar refractivity (Wildman–Crippen MR) is 176 cm³/mol. The van der Waals surface area contributed by atoms with Crippen molar-refractivity contribution < 1.29 is 31.9 Å². The molecule has 2 aliphatic heterocycles. The minimum Gasteiger partial charge on any atom is -0.389 e. The minimum absolute atomic E-state index is 0.0561. The SMILES string of the molecule is CCCN1CCC(C)C(C)c2cc(C(=O)N[C@@H](Cc3cc(F)cc(F)c3)[C@H](O)[C@H]3CN(S(=O)(=O)c4nccn4C)CCN3)cc(c2)C1=O. The van der Waals surface area contributed by atoms with Crippen molar-refractivity contribution in [2.24, 2.45) is 13.0 Å². The fourth-order valence-electron chi connectivity index (χ4n) is 6.56. The Morgan fingerprint density at radius 2 is 1.85 bits per heavy atom. The fourth-order valence-corrected chi connectivity index (χ4v) is 8.10. The maximum absolute atomic E-state index is 14.2. The van der Waals surface area contributed by atoms with E-state index in [4.69, 9.17) is 0 Å². The van der Waals surface area contributed by atoms with Gasteiger partial charge in [-0.15, -0.1) is 0 Å². The normalized spacial score (nSPS) is 22.0. The number of halogens is 2. The van der Waals surface area contributed by atoms with Crippen LogP contribution in [0, 0.1) is 17.6 Å². The number of carbonyl (C=O) groups excluding carboxylic acids is 2. The van der Waals surface area contributed by atoms with Crippen LogP contribution in [0.15, 0.2) is 53.9 Å². The second-order valence-electron chi connectivity index (χ2n) is 13.0. The number of piperazine rings is 1. The molecule has 14 heteroatoms. The average molecular weight is 687 g/mol. The van der Waals surface area contributed by atoms with Gasteiger partial charge in [0.1, 0.15) is 11.6 Å². The summed E-state index contributed by atoms with van der Waals surface area (Å²) in [7, 11) is -2.44. The molecular weight excluding hydrogens is 642 g/mol. The van der Waals surface area contributed by atoms with Crippen molar-refractivity contribution in [1.82, 2.24) is 29.4 Å². The van der Waals surface area contributed by atoms with E-state index in [1.165, 1.54) is 27.3 Å². The number of sulfonamides is 1. The lowest BCUT2D eigenvalue weighted by atomic mass is 9.85. The second-order valence-corrected chi connectivity index (χ2v) is 14.8. The van der Waals surface area contributed by atoms with Gasteiger partial charge in [0.2, 0.25) is 5.16 Å². The molecule has 5 rings (SSSR count). The smallest absolute Gasteiger partial charge is 0.277 e. The van der Waals surface area contributed by atoms with Gasteiger partial charge in [0.25, 0.3) is 21.8 Å². The molecule has 5 atom stereocenters. The zero-order valence-corrected chi connectivity index (χ0v) is 28.5. The maximum Gasteiger partial charge on any atom is 0.277 e. The number of nitrogens with one attached hydrogen (secondary N) is 2. The largest absolute Gasteiger partial charge is 0.389 e. The number of imidazole rings is 1. The Kier molecular flexibility index (Phi) is 11.0. The van der Waals surface area contributed by atoms with Crippen molar-refractivity contribution in [2.75, 3.05) is 32.7 Å². The molecule has 0 spiro atoms. The van der Waals surface area contributed by atoms with Gasteiger partial charge in [-0.3, -0.25) is 9.59 Å². The Morgan fingerprint density at radius 1 is 1.12 bits per heavy atom. The number of aliphatic hydroxyl groups is 1. The minimum atomic E-state index is -4.01. The van der Waals surface area contributed by atoms with Gasteiger partial charge in [0, 0.05) is 75.4 Å². The molecule has 260 valence electrons. The van der Waals surface area contributed by atoms with E-state index in [1.54, 1.807) is 18.0 Å². The van der Waals surface area contributed by atoms with E-state index >= 15 is 0 Å². The third-order valence-electron chi connectivity index (χ3n) is 9.51. The number of aliphatic hydroxyl groups excluding tert-OH is 1. The average Bonchev–Trinajstić information content (AvgIpc) is 3.51. The van der Waals surface area contributed by atoms with Gasteiger partial charge in [-0.25, -0.2) is 22.2 Å². The Labute approximate surface area is 280 Å². The Bertz CT molecular complexity index is 1730. The molecule has 0 radical (unpaired) electrons. The molecule has 0 aliphatic carbocycles. The van der Waals surface area contributed by atoms with Crippen LogP contribution in [0.5, 0.6) is 0 Å². The summed E-state index contributed by atoms with van der Waals surface area (Å²) in [5, 5.41) is 17.6. The number of benzene rings is 2. The number of hydrogen-bond acceptors (Lipinski definition) is 7. The maximum atomic E-state index is 14.2. The highest BCUT2D eigenvalue weighted by atomic mass is 32.2.